The highest BCUT2D eigenvalue weighted by atomic mass is 19.4. The van der Waals surface area contributed by atoms with Crippen LogP contribution in [0.5, 0.6) is 11.5 Å². The van der Waals surface area contributed by atoms with E-state index in [1.54, 1.807) is 30.6 Å². The predicted octanol–water partition coefficient (Wildman–Crippen LogP) is 6.50. The Bertz CT molecular complexity index is 1360. The van der Waals surface area contributed by atoms with Crippen molar-refractivity contribution < 1.29 is 40.6 Å². The van der Waals surface area contributed by atoms with Crippen molar-refractivity contribution in [1.29, 1.82) is 0 Å². The van der Waals surface area contributed by atoms with E-state index in [4.69, 9.17) is 5.73 Å². The Morgan fingerprint density at radius 1 is 0.795 bits per heavy atom. The Hall–Kier alpha value is -4.52. The van der Waals surface area contributed by atoms with Crippen LogP contribution in [0.4, 0.5) is 36.8 Å². The van der Waals surface area contributed by atoms with Crippen LogP contribution >= 0.6 is 0 Å². The summed E-state index contributed by atoms with van der Waals surface area (Å²) in [5, 5.41) is 7.14. The largest absolute Gasteiger partial charge is 0.573 e. The van der Waals surface area contributed by atoms with Crippen molar-refractivity contribution in [2.45, 2.75) is 25.8 Å². The van der Waals surface area contributed by atoms with Crippen LogP contribution in [0.25, 0.3) is 10.8 Å². The molecule has 0 fully saturated rings. The van der Waals surface area contributed by atoms with Crippen molar-refractivity contribution in [3.8, 4) is 11.5 Å². The third-order valence-corrected chi connectivity index (χ3v) is 4.93. The van der Waals surface area contributed by atoms with Crippen LogP contribution in [0.2, 0.25) is 0 Å². The first-order chi connectivity index (χ1) is 18.4. The number of ether oxygens (including phenoxy) is 2. The zero-order chi connectivity index (χ0) is 28.5. The summed E-state index contributed by atoms with van der Waals surface area (Å²) in [6.45, 7) is 0.455. The summed E-state index contributed by atoms with van der Waals surface area (Å²) < 4.78 is 78.9. The molecular weight excluding hydrogens is 530 g/mol. The van der Waals surface area contributed by atoms with E-state index in [9.17, 15) is 31.1 Å². The summed E-state index contributed by atoms with van der Waals surface area (Å²) in [5.74, 6) is -0.542. The molecule has 0 radical (unpaired) electrons. The number of fused-ring (bicyclic) bond motifs is 1. The Morgan fingerprint density at radius 2 is 1.36 bits per heavy atom. The van der Waals surface area contributed by atoms with E-state index < -0.39 is 18.8 Å². The normalized spacial score (nSPS) is 11.3. The topological polar surface area (TPSA) is 98.5 Å². The molecule has 3 aromatic carbocycles. The molecule has 0 aliphatic heterocycles. The van der Waals surface area contributed by atoms with Gasteiger partial charge < -0.3 is 25.8 Å². The molecule has 0 spiro atoms. The number of amides is 2. The number of rotatable bonds is 6. The Morgan fingerprint density at radius 3 is 1.90 bits per heavy atom. The molecule has 1 heterocycles. The highest BCUT2D eigenvalue weighted by molar-refractivity contribution is 6.01. The lowest BCUT2D eigenvalue weighted by molar-refractivity contribution is -0.275. The van der Waals surface area contributed by atoms with Gasteiger partial charge in [-0.1, -0.05) is 36.4 Å². The quantitative estimate of drug-likeness (QED) is 0.237. The van der Waals surface area contributed by atoms with Gasteiger partial charge in [-0.05, 0) is 47.5 Å². The zero-order valence-corrected chi connectivity index (χ0v) is 20.0. The lowest BCUT2D eigenvalue weighted by Crippen LogP contribution is -2.28. The number of benzene rings is 3. The minimum absolute atomic E-state index is 0.157. The maximum atomic E-state index is 12.1. The minimum atomic E-state index is -4.73. The summed E-state index contributed by atoms with van der Waals surface area (Å²) >= 11 is 0. The second-order valence-electron chi connectivity index (χ2n) is 7.80. The fourth-order valence-corrected chi connectivity index (χ4v) is 3.22. The fourth-order valence-electron chi connectivity index (χ4n) is 3.22. The number of halogens is 6. The van der Waals surface area contributed by atoms with E-state index >= 15 is 0 Å². The standard InChI is InChI=1S/C18H14F3N3O2.C8H8F3NO/c19-18(20,21)26-14-6-4-12(5-7-14)10-23-17(25)24-16-3-1-2-13-11-22-9-8-15(13)16;9-8(10,11)13-7-3-1-6(5-12)2-4-7/h1-9,11H,10H2,(H2,23,24,25);1-4H,5,12H2. The van der Waals surface area contributed by atoms with Crippen LogP contribution in [0, 0.1) is 0 Å². The SMILES string of the molecule is NCc1ccc(OC(F)(F)F)cc1.O=C(NCc1ccc(OC(F)(F)F)cc1)Nc1cccc2cnccc12. The number of hydrogen-bond acceptors (Lipinski definition) is 5. The number of anilines is 1. The summed E-state index contributed by atoms with van der Waals surface area (Å²) in [4.78, 5) is 16.1. The number of urea groups is 1. The van der Waals surface area contributed by atoms with Crippen LogP contribution < -0.4 is 25.8 Å². The number of hydrogen-bond donors (Lipinski definition) is 3. The van der Waals surface area contributed by atoms with Crippen LogP contribution in [0.1, 0.15) is 11.1 Å². The third kappa shape index (κ3) is 10.0. The van der Waals surface area contributed by atoms with Crippen molar-refractivity contribution in [2.24, 2.45) is 5.73 Å². The smallest absolute Gasteiger partial charge is 0.406 e. The number of nitrogens with zero attached hydrogens (tertiary/aromatic N) is 1. The average molecular weight is 552 g/mol. The predicted molar refractivity (Wildman–Crippen MR) is 132 cm³/mol. The van der Waals surface area contributed by atoms with Crippen molar-refractivity contribution >= 4 is 22.5 Å². The van der Waals surface area contributed by atoms with Gasteiger partial charge in [0.15, 0.2) is 0 Å². The van der Waals surface area contributed by atoms with Gasteiger partial charge in [-0.25, -0.2) is 4.79 Å². The van der Waals surface area contributed by atoms with E-state index in [1.165, 1.54) is 48.5 Å². The van der Waals surface area contributed by atoms with Crippen LogP contribution in [-0.4, -0.2) is 23.7 Å². The summed E-state index contributed by atoms with van der Waals surface area (Å²) in [7, 11) is 0. The molecule has 0 saturated carbocycles. The van der Waals surface area contributed by atoms with Gasteiger partial charge in [0.2, 0.25) is 0 Å². The van der Waals surface area contributed by atoms with Crippen LogP contribution in [0.3, 0.4) is 0 Å². The maximum absolute atomic E-state index is 12.1. The number of carbonyl (C=O) groups excluding carboxylic acids is 1. The van der Waals surface area contributed by atoms with Crippen LogP contribution in [-0.2, 0) is 13.1 Å². The summed E-state index contributed by atoms with van der Waals surface area (Å²) in [6, 6.07) is 17.6. The molecule has 1 aromatic heterocycles. The van der Waals surface area contributed by atoms with Gasteiger partial charge in [-0.3, -0.25) is 4.98 Å². The highest BCUT2D eigenvalue weighted by Crippen LogP contribution is 2.24. The van der Waals surface area contributed by atoms with Gasteiger partial charge in [0.1, 0.15) is 11.5 Å². The third-order valence-electron chi connectivity index (χ3n) is 4.93. The van der Waals surface area contributed by atoms with Gasteiger partial charge in [-0.2, -0.15) is 0 Å². The molecule has 13 heteroatoms. The van der Waals surface area contributed by atoms with Crippen molar-refractivity contribution in [2.75, 3.05) is 5.32 Å². The number of carbonyl (C=O) groups is 1. The summed E-state index contributed by atoms with van der Waals surface area (Å²) in [5.41, 5.74) is 7.29. The molecular formula is C26H22F6N4O3. The Kier molecular flexibility index (Phi) is 9.55. The molecule has 4 aromatic rings. The maximum Gasteiger partial charge on any atom is 0.573 e. The van der Waals surface area contributed by atoms with Gasteiger partial charge in [0.05, 0.1) is 5.69 Å². The number of pyridine rings is 1. The van der Waals surface area contributed by atoms with Crippen molar-refractivity contribution in [3.05, 3.63) is 96.3 Å². The van der Waals surface area contributed by atoms with E-state index in [0.717, 1.165) is 16.3 Å². The van der Waals surface area contributed by atoms with Crippen molar-refractivity contribution in [1.82, 2.24) is 10.3 Å². The first-order valence-corrected chi connectivity index (χ1v) is 11.2. The first kappa shape index (κ1) is 29.0. The van der Waals surface area contributed by atoms with E-state index in [2.05, 4.69) is 25.1 Å². The summed E-state index contributed by atoms with van der Waals surface area (Å²) in [6.07, 6.45) is -6.03. The number of aromatic nitrogens is 1. The molecule has 39 heavy (non-hydrogen) atoms. The Labute approximate surface area is 218 Å². The van der Waals surface area contributed by atoms with Gasteiger partial charge in [-0.15, -0.1) is 26.3 Å². The lowest BCUT2D eigenvalue weighted by Gasteiger charge is -2.11. The van der Waals surface area contributed by atoms with E-state index in [1.807, 2.05) is 6.07 Å². The van der Waals surface area contributed by atoms with Gasteiger partial charge >= 0.3 is 18.8 Å². The first-order valence-electron chi connectivity index (χ1n) is 11.2. The molecule has 7 nitrogen and oxygen atoms in total. The minimum Gasteiger partial charge on any atom is -0.406 e. The molecule has 0 aliphatic carbocycles. The van der Waals surface area contributed by atoms with Gasteiger partial charge in [0, 0.05) is 36.3 Å². The highest BCUT2D eigenvalue weighted by Gasteiger charge is 2.31. The fraction of sp³-hybridized carbons (Fsp3) is 0.154. The second-order valence-corrected chi connectivity index (χ2v) is 7.80. The average Bonchev–Trinajstić information content (AvgIpc) is 2.88. The molecule has 0 saturated heterocycles. The molecule has 0 bridgehead atoms. The number of nitrogens with one attached hydrogen (secondary N) is 2. The molecule has 206 valence electrons. The van der Waals surface area contributed by atoms with E-state index in [0.29, 0.717) is 17.8 Å². The molecule has 0 aliphatic rings. The van der Waals surface area contributed by atoms with Gasteiger partial charge in [0.25, 0.3) is 0 Å². The molecule has 4 rings (SSSR count). The van der Waals surface area contributed by atoms with E-state index in [-0.39, 0.29) is 18.0 Å². The second kappa shape index (κ2) is 12.8. The number of alkyl halides is 6. The molecule has 2 amide bonds. The lowest BCUT2D eigenvalue weighted by atomic mass is 10.1. The molecule has 4 N–H and O–H groups in total. The monoisotopic (exact) mass is 552 g/mol. The molecule has 0 atom stereocenters. The van der Waals surface area contributed by atoms with Crippen LogP contribution in [0.15, 0.2) is 85.2 Å². The number of nitrogens with two attached hydrogens (primary N) is 1. The molecule has 0 unspecified atom stereocenters. The zero-order valence-electron chi connectivity index (χ0n) is 20.0. The van der Waals surface area contributed by atoms with Crippen molar-refractivity contribution in [3.63, 3.8) is 0 Å². The Balaban J connectivity index is 0.000000272.